The molecule has 1 aliphatic rings. The Hall–Kier alpha value is -4.06. The van der Waals surface area contributed by atoms with Gasteiger partial charge in [-0.2, -0.15) is 0 Å². The predicted octanol–water partition coefficient (Wildman–Crippen LogP) is 4.41. The highest BCUT2D eigenvalue weighted by Gasteiger charge is 2.40. The third-order valence-corrected chi connectivity index (χ3v) is 5.06. The fraction of sp³-hybridized carbons (Fsp3) is 0.120. The molecule has 0 unspecified atom stereocenters. The van der Waals surface area contributed by atoms with Gasteiger partial charge in [-0.05, 0) is 42.3 Å². The van der Waals surface area contributed by atoms with Crippen LogP contribution < -0.4 is 19.7 Å². The van der Waals surface area contributed by atoms with Gasteiger partial charge in [0.25, 0.3) is 11.8 Å². The lowest BCUT2D eigenvalue weighted by molar-refractivity contribution is -0.120. The fourth-order valence-corrected chi connectivity index (χ4v) is 3.58. The van der Waals surface area contributed by atoms with Crippen LogP contribution in [0.2, 0.25) is 0 Å². The first kappa shape index (κ1) is 20.2. The van der Waals surface area contributed by atoms with Crippen LogP contribution in [0.15, 0.2) is 78.5 Å². The van der Waals surface area contributed by atoms with Crippen LogP contribution in [0.5, 0.6) is 11.5 Å². The second kappa shape index (κ2) is 8.36. The molecule has 2 amide bonds. The number of benzene rings is 3. The average molecular weight is 414 g/mol. The summed E-state index contributed by atoms with van der Waals surface area (Å²) in [4.78, 5) is 28.0. The summed E-state index contributed by atoms with van der Waals surface area (Å²) in [6.07, 6.45) is 0. The summed E-state index contributed by atoms with van der Waals surface area (Å²) in [6, 6.07) is 21.7. The van der Waals surface area contributed by atoms with E-state index in [1.165, 1.54) is 4.90 Å². The van der Waals surface area contributed by atoms with Crippen molar-refractivity contribution in [3.05, 3.63) is 89.6 Å². The van der Waals surface area contributed by atoms with Gasteiger partial charge >= 0.3 is 0 Å². The number of hydrogen-bond donors (Lipinski definition) is 1. The number of amides is 2. The van der Waals surface area contributed by atoms with Crippen molar-refractivity contribution >= 4 is 28.8 Å². The molecular formula is C25H22N2O4. The molecule has 0 atom stereocenters. The van der Waals surface area contributed by atoms with Gasteiger partial charge in [-0.1, -0.05) is 42.5 Å². The molecule has 0 radical (unpaired) electrons. The molecule has 0 aromatic heterocycles. The van der Waals surface area contributed by atoms with E-state index in [1.54, 1.807) is 38.5 Å². The van der Waals surface area contributed by atoms with Gasteiger partial charge in [0.15, 0.2) is 11.5 Å². The minimum absolute atomic E-state index is 0.213. The molecule has 156 valence electrons. The number of anilines is 2. The SMILES string of the molecule is COc1ccc(NC2=C(c3ccccc3)C(=O)N(c3cccc(C)c3)C2=O)cc1OC. The van der Waals surface area contributed by atoms with Gasteiger partial charge in [-0.15, -0.1) is 0 Å². The molecule has 0 saturated carbocycles. The second-order valence-corrected chi connectivity index (χ2v) is 7.10. The van der Waals surface area contributed by atoms with E-state index in [0.717, 1.165) is 5.56 Å². The Labute approximate surface area is 180 Å². The van der Waals surface area contributed by atoms with Gasteiger partial charge in [-0.25, -0.2) is 4.90 Å². The normalized spacial score (nSPS) is 13.6. The number of aryl methyl sites for hydroxylation is 1. The highest BCUT2D eigenvalue weighted by Crippen LogP contribution is 2.36. The number of nitrogens with one attached hydrogen (secondary N) is 1. The molecule has 1 heterocycles. The minimum Gasteiger partial charge on any atom is -0.493 e. The molecule has 0 fully saturated rings. The van der Waals surface area contributed by atoms with Crippen molar-refractivity contribution in [2.24, 2.45) is 0 Å². The van der Waals surface area contributed by atoms with Crippen LogP contribution in [0.3, 0.4) is 0 Å². The quantitative estimate of drug-likeness (QED) is 0.605. The van der Waals surface area contributed by atoms with Crippen molar-refractivity contribution in [2.45, 2.75) is 6.92 Å². The maximum Gasteiger partial charge on any atom is 0.282 e. The molecule has 3 aromatic rings. The monoisotopic (exact) mass is 414 g/mol. The zero-order chi connectivity index (χ0) is 22.0. The number of carbonyl (C=O) groups excluding carboxylic acids is 2. The Morgan fingerprint density at radius 3 is 2.19 bits per heavy atom. The highest BCUT2D eigenvalue weighted by atomic mass is 16.5. The maximum atomic E-state index is 13.4. The molecule has 1 N–H and O–H groups in total. The molecule has 1 aliphatic heterocycles. The maximum absolute atomic E-state index is 13.4. The number of carbonyl (C=O) groups is 2. The minimum atomic E-state index is -0.413. The summed E-state index contributed by atoms with van der Waals surface area (Å²) in [5.74, 6) is 0.302. The first-order valence-electron chi connectivity index (χ1n) is 9.77. The van der Waals surface area contributed by atoms with Crippen molar-refractivity contribution in [1.29, 1.82) is 0 Å². The van der Waals surface area contributed by atoms with Crippen LogP contribution in [0.1, 0.15) is 11.1 Å². The average Bonchev–Trinajstić information content (AvgIpc) is 3.03. The van der Waals surface area contributed by atoms with Crippen LogP contribution in [0.25, 0.3) is 5.57 Å². The number of rotatable bonds is 6. The highest BCUT2D eigenvalue weighted by molar-refractivity contribution is 6.46. The summed E-state index contributed by atoms with van der Waals surface area (Å²) in [5, 5.41) is 3.14. The van der Waals surface area contributed by atoms with E-state index in [1.807, 2.05) is 55.5 Å². The van der Waals surface area contributed by atoms with Crippen molar-refractivity contribution < 1.29 is 19.1 Å². The topological polar surface area (TPSA) is 67.9 Å². The molecule has 6 heteroatoms. The lowest BCUT2D eigenvalue weighted by atomic mass is 10.0. The van der Waals surface area contributed by atoms with Gasteiger partial charge in [0.05, 0.1) is 25.5 Å². The van der Waals surface area contributed by atoms with Crippen LogP contribution in [0, 0.1) is 6.92 Å². The van der Waals surface area contributed by atoms with Gasteiger partial charge in [0, 0.05) is 11.8 Å². The summed E-state index contributed by atoms with van der Waals surface area (Å²) >= 11 is 0. The van der Waals surface area contributed by atoms with Crippen molar-refractivity contribution in [2.75, 3.05) is 24.4 Å². The Balaban J connectivity index is 1.80. The Kier molecular flexibility index (Phi) is 5.45. The molecule has 0 saturated heterocycles. The lowest BCUT2D eigenvalue weighted by Crippen LogP contribution is -2.32. The predicted molar refractivity (Wildman–Crippen MR) is 120 cm³/mol. The molecule has 0 bridgehead atoms. The molecule has 3 aromatic carbocycles. The third kappa shape index (κ3) is 3.75. The van der Waals surface area contributed by atoms with Gasteiger partial charge in [-0.3, -0.25) is 9.59 Å². The number of ether oxygens (including phenoxy) is 2. The zero-order valence-corrected chi connectivity index (χ0v) is 17.5. The standard InChI is InChI=1S/C25H22N2O4/c1-16-8-7-11-19(14-16)27-24(28)22(17-9-5-4-6-10-17)23(25(27)29)26-18-12-13-20(30-2)21(15-18)31-3/h4-15,26H,1-3H3. The van der Waals surface area contributed by atoms with Crippen molar-refractivity contribution in [3.63, 3.8) is 0 Å². The van der Waals surface area contributed by atoms with Crippen LogP contribution in [-0.4, -0.2) is 26.0 Å². The van der Waals surface area contributed by atoms with E-state index in [9.17, 15) is 9.59 Å². The smallest absolute Gasteiger partial charge is 0.282 e. The molecule has 0 spiro atoms. The van der Waals surface area contributed by atoms with E-state index < -0.39 is 5.91 Å². The van der Waals surface area contributed by atoms with E-state index in [2.05, 4.69) is 5.32 Å². The molecule has 6 nitrogen and oxygen atoms in total. The molecular weight excluding hydrogens is 392 g/mol. The number of nitrogens with zero attached hydrogens (tertiary/aromatic N) is 1. The summed E-state index contributed by atoms with van der Waals surface area (Å²) in [5.41, 5.74) is 3.30. The molecule has 4 rings (SSSR count). The molecule has 31 heavy (non-hydrogen) atoms. The zero-order valence-electron chi connectivity index (χ0n) is 17.5. The second-order valence-electron chi connectivity index (χ2n) is 7.10. The Morgan fingerprint density at radius 1 is 0.774 bits per heavy atom. The number of imide groups is 1. The first-order valence-corrected chi connectivity index (χ1v) is 9.77. The van der Waals surface area contributed by atoms with E-state index in [-0.39, 0.29) is 11.6 Å². The van der Waals surface area contributed by atoms with Gasteiger partial charge in [0.2, 0.25) is 0 Å². The van der Waals surface area contributed by atoms with Crippen LogP contribution in [0.4, 0.5) is 11.4 Å². The van der Waals surface area contributed by atoms with E-state index in [4.69, 9.17) is 9.47 Å². The number of methoxy groups -OCH3 is 2. The van der Waals surface area contributed by atoms with E-state index in [0.29, 0.717) is 34.0 Å². The fourth-order valence-electron chi connectivity index (χ4n) is 3.58. The van der Waals surface area contributed by atoms with E-state index >= 15 is 0 Å². The van der Waals surface area contributed by atoms with Crippen LogP contribution >= 0.6 is 0 Å². The molecule has 0 aliphatic carbocycles. The Bertz CT molecular complexity index is 1190. The first-order chi connectivity index (χ1) is 15.0. The summed E-state index contributed by atoms with van der Waals surface area (Å²) in [6.45, 7) is 1.92. The lowest BCUT2D eigenvalue weighted by Gasteiger charge is -2.16. The van der Waals surface area contributed by atoms with Crippen molar-refractivity contribution in [1.82, 2.24) is 0 Å². The largest absolute Gasteiger partial charge is 0.493 e. The van der Waals surface area contributed by atoms with Crippen LogP contribution in [-0.2, 0) is 9.59 Å². The Morgan fingerprint density at radius 2 is 1.52 bits per heavy atom. The van der Waals surface area contributed by atoms with Gasteiger partial charge in [0.1, 0.15) is 5.70 Å². The summed E-state index contributed by atoms with van der Waals surface area (Å²) < 4.78 is 10.6. The third-order valence-electron chi connectivity index (χ3n) is 5.06. The number of hydrogen-bond acceptors (Lipinski definition) is 5. The van der Waals surface area contributed by atoms with Crippen molar-refractivity contribution in [3.8, 4) is 11.5 Å². The summed E-state index contributed by atoms with van der Waals surface area (Å²) in [7, 11) is 3.10. The van der Waals surface area contributed by atoms with Gasteiger partial charge < -0.3 is 14.8 Å².